The fourth-order valence-corrected chi connectivity index (χ4v) is 4.19. The van der Waals surface area contributed by atoms with E-state index in [1.54, 1.807) is 25.3 Å². The van der Waals surface area contributed by atoms with Gasteiger partial charge in [0.15, 0.2) is 0 Å². The van der Waals surface area contributed by atoms with Crippen LogP contribution in [0.4, 0.5) is 0 Å². The summed E-state index contributed by atoms with van der Waals surface area (Å²) in [6, 6.07) is 5.49. The third-order valence-electron chi connectivity index (χ3n) is 6.56. The molecular weight excluding hydrogens is 482 g/mol. The molecule has 1 rings (SSSR count). The summed E-state index contributed by atoms with van der Waals surface area (Å²) in [5.74, 6) is 0.438. The molecule has 0 bridgehead atoms. The predicted molar refractivity (Wildman–Crippen MR) is 153 cm³/mol. The number of aliphatic carboxylic acids is 1. The largest absolute Gasteiger partial charge is 0.493 e. The molecule has 0 aliphatic heterocycles. The topological polar surface area (TPSA) is 96.3 Å². The molecule has 7 nitrogen and oxygen atoms in total. The Kier molecular flexibility index (Phi) is 18.9. The maximum atomic E-state index is 11.7. The second kappa shape index (κ2) is 21.4. The summed E-state index contributed by atoms with van der Waals surface area (Å²) in [7, 11) is 3.49. The van der Waals surface area contributed by atoms with Gasteiger partial charge in [0.25, 0.3) is 0 Å². The number of ether oxygens (including phenoxy) is 2. The first kappa shape index (κ1) is 33.5. The Morgan fingerprint density at radius 2 is 1.61 bits per heavy atom. The van der Waals surface area contributed by atoms with Gasteiger partial charge in [-0.3, -0.25) is 9.59 Å². The molecule has 0 radical (unpaired) electrons. The van der Waals surface area contributed by atoms with E-state index >= 15 is 0 Å². The zero-order valence-corrected chi connectivity index (χ0v) is 24.0. The van der Waals surface area contributed by atoms with Crippen molar-refractivity contribution >= 4 is 11.9 Å². The molecule has 1 atom stereocenters. The molecule has 1 unspecified atom stereocenters. The van der Waals surface area contributed by atoms with Crippen molar-refractivity contribution in [3.05, 3.63) is 36.1 Å². The number of hydrogen-bond donors (Lipinski definition) is 2. The Labute approximate surface area is 230 Å². The predicted octanol–water partition coefficient (Wildman–Crippen LogP) is 6.91. The van der Waals surface area contributed by atoms with Crippen LogP contribution in [0.15, 0.2) is 30.5 Å². The van der Waals surface area contributed by atoms with Crippen LogP contribution in [0.2, 0.25) is 0 Å². The number of carbonyl (C=O) groups is 2. The highest BCUT2D eigenvalue weighted by molar-refractivity contribution is 5.75. The quantitative estimate of drug-likeness (QED) is 0.117. The average molecular weight is 534 g/mol. The second-order valence-electron chi connectivity index (χ2n) is 10.2. The third kappa shape index (κ3) is 16.3. The van der Waals surface area contributed by atoms with Gasteiger partial charge in [-0.1, -0.05) is 57.9 Å². The second-order valence-corrected chi connectivity index (χ2v) is 10.2. The van der Waals surface area contributed by atoms with Crippen LogP contribution in [0.25, 0.3) is 0 Å². The minimum atomic E-state index is -0.873. The number of aliphatic hydroxyl groups excluding tert-OH is 1. The minimum Gasteiger partial charge on any atom is -0.493 e. The number of hydrogen-bond acceptors (Lipinski definition) is 5. The highest BCUT2D eigenvalue weighted by Gasteiger charge is 2.13. The van der Waals surface area contributed by atoms with E-state index in [-0.39, 0.29) is 18.4 Å². The lowest BCUT2D eigenvalue weighted by Crippen LogP contribution is -2.21. The molecule has 0 saturated carbocycles. The van der Waals surface area contributed by atoms with Gasteiger partial charge in [-0.2, -0.15) is 0 Å². The first-order chi connectivity index (χ1) is 18.3. The van der Waals surface area contributed by atoms with E-state index in [1.165, 1.54) is 32.1 Å². The molecule has 0 heterocycles. The van der Waals surface area contributed by atoms with Crippen LogP contribution in [-0.2, 0) is 16.0 Å². The van der Waals surface area contributed by atoms with E-state index in [0.29, 0.717) is 30.9 Å². The van der Waals surface area contributed by atoms with Crippen LogP contribution in [0.1, 0.15) is 109 Å². The number of unbranched alkanes of at least 4 members (excludes halogenated alkanes) is 8. The highest BCUT2D eigenvalue weighted by atomic mass is 16.5. The van der Waals surface area contributed by atoms with Crippen LogP contribution >= 0.6 is 0 Å². The van der Waals surface area contributed by atoms with Crippen LogP contribution in [-0.4, -0.2) is 53.8 Å². The summed E-state index contributed by atoms with van der Waals surface area (Å²) in [5.41, 5.74) is 0.738. The maximum Gasteiger partial charge on any atom is 0.303 e. The summed E-state index contributed by atoms with van der Waals surface area (Å²) in [6.07, 6.45) is 17.7. The van der Waals surface area contributed by atoms with Gasteiger partial charge in [0.05, 0.1) is 19.0 Å². The summed E-state index contributed by atoms with van der Waals surface area (Å²) >= 11 is 0. The van der Waals surface area contributed by atoms with Crippen molar-refractivity contribution in [1.82, 2.24) is 4.90 Å². The van der Waals surface area contributed by atoms with Gasteiger partial charge in [0.1, 0.15) is 11.5 Å². The molecule has 1 amide bonds. The SMILES string of the molecule is CCCCCCCCC(O)CCCC/C=C/Oc1cccc(OCCCCC(=O)N(C)C)c1CCC(=O)O. The van der Waals surface area contributed by atoms with Crippen LogP contribution in [0, 0.1) is 0 Å². The molecule has 0 aromatic heterocycles. The first-order valence-electron chi connectivity index (χ1n) is 14.5. The van der Waals surface area contributed by atoms with Crippen LogP contribution in [0.3, 0.4) is 0 Å². The van der Waals surface area contributed by atoms with E-state index in [9.17, 15) is 19.8 Å². The van der Waals surface area contributed by atoms with Crippen molar-refractivity contribution in [2.24, 2.45) is 0 Å². The molecule has 1 aromatic rings. The van der Waals surface area contributed by atoms with Crippen molar-refractivity contribution in [2.75, 3.05) is 20.7 Å². The Balaban J connectivity index is 2.42. The van der Waals surface area contributed by atoms with Crippen molar-refractivity contribution < 1.29 is 29.3 Å². The standard InChI is InChI=1S/C31H51NO6/c1-4-5-6-7-8-11-17-26(33)18-12-9-10-14-24-37-28-19-16-20-29(27(28)22-23-31(35)36)38-25-15-13-21-30(34)32(2)3/h14,16,19-20,24,26,33H,4-13,15,17-18,21-23,25H2,1-3H3,(H,35,36)/b24-14+. The summed E-state index contributed by atoms with van der Waals surface area (Å²) < 4.78 is 11.8. The lowest BCUT2D eigenvalue weighted by Gasteiger charge is -2.15. The summed E-state index contributed by atoms with van der Waals surface area (Å²) in [4.78, 5) is 24.5. The number of aliphatic hydroxyl groups is 1. The molecule has 0 aliphatic carbocycles. The van der Waals surface area contributed by atoms with E-state index in [2.05, 4.69) is 6.92 Å². The number of rotatable bonds is 23. The van der Waals surface area contributed by atoms with Gasteiger partial charge < -0.3 is 24.6 Å². The van der Waals surface area contributed by atoms with Gasteiger partial charge in [-0.05, 0) is 63.2 Å². The Morgan fingerprint density at radius 1 is 0.921 bits per heavy atom. The van der Waals surface area contributed by atoms with E-state index in [4.69, 9.17) is 9.47 Å². The molecule has 7 heteroatoms. The van der Waals surface area contributed by atoms with Gasteiger partial charge in [0, 0.05) is 32.5 Å². The smallest absolute Gasteiger partial charge is 0.303 e. The molecule has 1 aromatic carbocycles. The highest BCUT2D eigenvalue weighted by Crippen LogP contribution is 2.30. The lowest BCUT2D eigenvalue weighted by atomic mass is 10.0. The Bertz CT molecular complexity index is 808. The molecule has 0 aliphatic rings. The number of nitrogens with zero attached hydrogens (tertiary/aromatic N) is 1. The molecule has 0 fully saturated rings. The van der Waals surface area contributed by atoms with Gasteiger partial charge in [-0.15, -0.1) is 0 Å². The number of carboxylic acids is 1. The van der Waals surface area contributed by atoms with Crippen LogP contribution in [0.5, 0.6) is 11.5 Å². The van der Waals surface area contributed by atoms with Crippen molar-refractivity contribution in [1.29, 1.82) is 0 Å². The van der Waals surface area contributed by atoms with Crippen LogP contribution < -0.4 is 9.47 Å². The van der Waals surface area contributed by atoms with Crippen molar-refractivity contribution in [3.8, 4) is 11.5 Å². The van der Waals surface area contributed by atoms with Gasteiger partial charge >= 0.3 is 5.97 Å². The van der Waals surface area contributed by atoms with E-state index < -0.39 is 5.97 Å². The van der Waals surface area contributed by atoms with Gasteiger partial charge in [0.2, 0.25) is 5.91 Å². The third-order valence-corrected chi connectivity index (χ3v) is 6.56. The number of allylic oxidation sites excluding steroid dienone is 1. The Morgan fingerprint density at radius 3 is 2.32 bits per heavy atom. The number of benzene rings is 1. The fourth-order valence-electron chi connectivity index (χ4n) is 4.19. The molecule has 2 N–H and O–H groups in total. The summed E-state index contributed by atoms with van der Waals surface area (Å²) in [6.45, 7) is 2.67. The molecule has 0 spiro atoms. The molecule has 0 saturated heterocycles. The molecule has 38 heavy (non-hydrogen) atoms. The van der Waals surface area contributed by atoms with E-state index in [1.807, 2.05) is 24.3 Å². The fraction of sp³-hybridized carbons (Fsp3) is 0.677. The molecular formula is C31H51NO6. The number of amides is 1. The summed E-state index contributed by atoms with van der Waals surface area (Å²) in [5, 5.41) is 19.4. The zero-order valence-electron chi connectivity index (χ0n) is 24.0. The monoisotopic (exact) mass is 533 g/mol. The number of carboxylic acid groups (broad SMARTS) is 1. The first-order valence-corrected chi connectivity index (χ1v) is 14.5. The zero-order chi connectivity index (χ0) is 28.0. The van der Waals surface area contributed by atoms with Crippen molar-refractivity contribution in [2.45, 2.75) is 116 Å². The van der Waals surface area contributed by atoms with Crippen molar-refractivity contribution in [3.63, 3.8) is 0 Å². The molecule has 216 valence electrons. The average Bonchev–Trinajstić information content (AvgIpc) is 2.88. The maximum absolute atomic E-state index is 11.7. The Hall–Kier alpha value is -2.54. The normalized spacial score (nSPS) is 12.0. The lowest BCUT2D eigenvalue weighted by molar-refractivity contribution is -0.137. The van der Waals surface area contributed by atoms with E-state index in [0.717, 1.165) is 56.9 Å². The van der Waals surface area contributed by atoms with Gasteiger partial charge in [-0.25, -0.2) is 0 Å². The number of carbonyl (C=O) groups excluding carboxylic acids is 1. The minimum absolute atomic E-state index is 0.0150.